The Kier molecular flexibility index (Phi) is 8.14. The minimum absolute atomic E-state index is 0.00766. The Morgan fingerprint density at radius 1 is 1.05 bits per heavy atom. The molecule has 1 aromatic carbocycles. The molecule has 1 aromatic heterocycles. The quantitative estimate of drug-likeness (QED) is 0.506. The molecular weight excluding hydrogens is 546 g/mol. The number of hydrogen-bond acceptors (Lipinski definition) is 8. The van der Waals surface area contributed by atoms with Crippen LogP contribution in [0.25, 0.3) is 5.57 Å². The number of nitrogens with zero attached hydrogens (tertiary/aromatic N) is 3. The van der Waals surface area contributed by atoms with E-state index in [1.807, 2.05) is 11.9 Å². The molecule has 4 rings (SSSR count). The summed E-state index contributed by atoms with van der Waals surface area (Å²) >= 11 is 0.812. The Labute approximate surface area is 219 Å². The van der Waals surface area contributed by atoms with E-state index in [1.165, 1.54) is 40.8 Å². The number of alkyl halides is 2. The topological polar surface area (TPSA) is 117 Å². The Balaban J connectivity index is 1.58. The van der Waals surface area contributed by atoms with Gasteiger partial charge in [0.1, 0.15) is 12.3 Å². The maximum atomic E-state index is 13.8. The summed E-state index contributed by atoms with van der Waals surface area (Å²) in [6.45, 7) is 1.91. The highest BCUT2D eigenvalue weighted by molar-refractivity contribution is 7.91. The van der Waals surface area contributed by atoms with Gasteiger partial charge in [-0.05, 0) is 43.5 Å². The van der Waals surface area contributed by atoms with Crippen LogP contribution in [0.15, 0.2) is 45.6 Å². The van der Waals surface area contributed by atoms with Crippen molar-refractivity contribution in [3.8, 4) is 0 Å². The predicted octanol–water partition coefficient (Wildman–Crippen LogP) is 2.59. The van der Waals surface area contributed by atoms with Gasteiger partial charge in [0, 0.05) is 38.0 Å². The van der Waals surface area contributed by atoms with E-state index in [4.69, 9.17) is 0 Å². The predicted molar refractivity (Wildman–Crippen MR) is 137 cm³/mol. The highest BCUT2D eigenvalue weighted by atomic mass is 32.2. The van der Waals surface area contributed by atoms with Gasteiger partial charge in [0.05, 0.1) is 11.1 Å². The molecule has 0 radical (unpaired) electrons. The average molecular weight is 575 g/mol. The summed E-state index contributed by atoms with van der Waals surface area (Å²) < 4.78 is 78.6. The zero-order valence-electron chi connectivity index (χ0n) is 20.3. The lowest BCUT2D eigenvalue weighted by Crippen LogP contribution is -2.46. The molecule has 1 N–H and O–H groups in total. The molecule has 3 atom stereocenters. The Morgan fingerprint density at radius 2 is 1.65 bits per heavy atom. The Bertz CT molecular complexity index is 1380. The van der Waals surface area contributed by atoms with Gasteiger partial charge in [-0.1, -0.05) is 29.5 Å². The fraction of sp³-hybridized carbons (Fsp3) is 0.478. The smallest absolute Gasteiger partial charge is 0.257 e. The summed E-state index contributed by atoms with van der Waals surface area (Å²) in [5.74, 6) is -1.19. The molecule has 14 heteroatoms. The molecule has 2 fully saturated rings. The fourth-order valence-electron chi connectivity index (χ4n) is 4.28. The van der Waals surface area contributed by atoms with E-state index in [1.54, 1.807) is 0 Å². The molecule has 1 saturated heterocycles. The minimum atomic E-state index is -3.77. The summed E-state index contributed by atoms with van der Waals surface area (Å²) in [5.41, 5.74) is 0.439. The van der Waals surface area contributed by atoms with Crippen LogP contribution >= 0.6 is 11.3 Å². The highest BCUT2D eigenvalue weighted by Crippen LogP contribution is 2.34. The first-order chi connectivity index (χ1) is 17.3. The van der Waals surface area contributed by atoms with Crippen LogP contribution in [0.3, 0.4) is 0 Å². The van der Waals surface area contributed by atoms with Crippen molar-refractivity contribution < 1.29 is 30.4 Å². The van der Waals surface area contributed by atoms with Gasteiger partial charge in [0.2, 0.25) is 0 Å². The normalized spacial score (nSPS) is 24.3. The first-order valence-corrected chi connectivity index (χ1v) is 15.8. The number of allylic oxidation sites excluding steroid dienone is 1. The second kappa shape index (κ2) is 10.8. The lowest BCUT2D eigenvalue weighted by Gasteiger charge is -2.30. The van der Waals surface area contributed by atoms with Gasteiger partial charge in [-0.3, -0.25) is 10.1 Å². The number of carbonyl (C=O) groups excluding carboxylic acids is 1. The van der Waals surface area contributed by atoms with E-state index in [0.717, 1.165) is 17.6 Å². The van der Waals surface area contributed by atoms with Gasteiger partial charge >= 0.3 is 0 Å². The molecule has 0 spiro atoms. The van der Waals surface area contributed by atoms with E-state index in [0.29, 0.717) is 31.7 Å². The SMILES string of the molecule is CN1CCN(S(=O)(=O)c2cnc(NC(=O)C(=CC3C[C@@H](F)[C@@H](F)C3)c3ccc(S(C)(=O)=O)cc3)s2)CC1. The Morgan fingerprint density at radius 3 is 2.22 bits per heavy atom. The van der Waals surface area contributed by atoms with Crippen LogP contribution in [0, 0.1) is 5.92 Å². The molecule has 2 aromatic rings. The van der Waals surface area contributed by atoms with Crippen LogP contribution in [0.4, 0.5) is 13.9 Å². The van der Waals surface area contributed by atoms with Crippen molar-refractivity contribution in [2.75, 3.05) is 44.8 Å². The van der Waals surface area contributed by atoms with Crippen LogP contribution in [0.2, 0.25) is 0 Å². The minimum Gasteiger partial charge on any atom is -0.304 e. The van der Waals surface area contributed by atoms with Gasteiger partial charge in [-0.25, -0.2) is 30.6 Å². The lowest BCUT2D eigenvalue weighted by molar-refractivity contribution is -0.111. The molecule has 1 unspecified atom stereocenters. The zero-order chi connectivity index (χ0) is 27.0. The number of thiazole rings is 1. The van der Waals surface area contributed by atoms with Crippen molar-refractivity contribution in [3.05, 3.63) is 42.1 Å². The van der Waals surface area contributed by atoms with E-state index in [9.17, 15) is 30.4 Å². The third kappa shape index (κ3) is 6.42. The number of carbonyl (C=O) groups is 1. The van der Waals surface area contributed by atoms with E-state index < -0.39 is 44.0 Å². The highest BCUT2D eigenvalue weighted by Gasteiger charge is 2.34. The number of rotatable bonds is 7. The number of likely N-dealkylation sites (N-methyl/N-ethyl adjacent to an activating group) is 1. The van der Waals surface area contributed by atoms with Crippen molar-refractivity contribution in [1.29, 1.82) is 0 Å². The molecule has 2 heterocycles. The van der Waals surface area contributed by atoms with Crippen molar-refractivity contribution in [2.45, 2.75) is 34.3 Å². The number of nitrogens with one attached hydrogen (secondary N) is 1. The maximum absolute atomic E-state index is 13.8. The molecule has 1 amide bonds. The van der Waals surface area contributed by atoms with Crippen molar-refractivity contribution >= 4 is 47.8 Å². The zero-order valence-corrected chi connectivity index (χ0v) is 22.8. The van der Waals surface area contributed by atoms with Crippen LogP contribution in [-0.4, -0.2) is 88.8 Å². The van der Waals surface area contributed by atoms with Crippen LogP contribution in [0.5, 0.6) is 0 Å². The van der Waals surface area contributed by atoms with Crippen molar-refractivity contribution in [2.24, 2.45) is 5.92 Å². The number of aromatic nitrogens is 1. The molecule has 37 heavy (non-hydrogen) atoms. The molecule has 2 aliphatic rings. The molecule has 1 aliphatic heterocycles. The molecule has 202 valence electrons. The molecule has 1 aliphatic carbocycles. The number of anilines is 1. The number of sulfone groups is 1. The third-order valence-corrected chi connectivity index (χ3v) is 10.8. The van der Waals surface area contributed by atoms with Crippen molar-refractivity contribution in [1.82, 2.24) is 14.2 Å². The van der Waals surface area contributed by atoms with Crippen LogP contribution in [0.1, 0.15) is 18.4 Å². The summed E-state index contributed by atoms with van der Waals surface area (Å²) in [4.78, 5) is 19.4. The summed E-state index contributed by atoms with van der Waals surface area (Å²) in [7, 11) is -5.32. The molecular formula is C23H28F2N4O5S3. The van der Waals surface area contributed by atoms with Gasteiger partial charge in [0.25, 0.3) is 15.9 Å². The summed E-state index contributed by atoms with van der Waals surface area (Å²) in [6, 6.07) is 5.59. The van der Waals surface area contributed by atoms with Gasteiger partial charge in [-0.2, -0.15) is 4.31 Å². The second-order valence-electron chi connectivity index (χ2n) is 9.29. The number of hydrogen-bond donors (Lipinski definition) is 1. The lowest BCUT2D eigenvalue weighted by atomic mass is 9.98. The van der Waals surface area contributed by atoms with Gasteiger partial charge in [-0.15, -0.1) is 0 Å². The summed E-state index contributed by atoms with van der Waals surface area (Å²) in [6.07, 6.45) is 0.319. The fourth-order valence-corrected chi connectivity index (χ4v) is 7.52. The number of sulfonamides is 1. The number of benzene rings is 1. The van der Waals surface area contributed by atoms with Crippen LogP contribution < -0.4 is 5.32 Å². The molecule has 9 nitrogen and oxygen atoms in total. The van der Waals surface area contributed by atoms with E-state index in [2.05, 4.69) is 10.3 Å². The number of amides is 1. The average Bonchev–Trinajstić information content (AvgIpc) is 3.43. The summed E-state index contributed by atoms with van der Waals surface area (Å²) in [5, 5.41) is 2.64. The monoisotopic (exact) mass is 574 g/mol. The van der Waals surface area contributed by atoms with Gasteiger partial charge in [0.15, 0.2) is 19.2 Å². The largest absolute Gasteiger partial charge is 0.304 e. The first-order valence-electron chi connectivity index (χ1n) is 11.6. The number of halogens is 2. The first kappa shape index (κ1) is 27.8. The van der Waals surface area contributed by atoms with E-state index >= 15 is 0 Å². The van der Waals surface area contributed by atoms with Crippen LogP contribution in [-0.2, 0) is 24.7 Å². The molecule has 1 saturated carbocycles. The van der Waals surface area contributed by atoms with Gasteiger partial charge < -0.3 is 4.90 Å². The Hall–Kier alpha value is -2.26. The maximum Gasteiger partial charge on any atom is 0.257 e. The number of piperazine rings is 1. The van der Waals surface area contributed by atoms with Crippen molar-refractivity contribution in [3.63, 3.8) is 0 Å². The third-order valence-electron chi connectivity index (χ3n) is 6.45. The molecule has 0 bridgehead atoms. The van der Waals surface area contributed by atoms with E-state index in [-0.39, 0.29) is 32.7 Å². The second-order valence-corrected chi connectivity index (χ2v) is 14.5. The standard InChI is InChI=1S/C23H28F2N4O5S3/c1-28-7-9-29(10-8-28)37(33,34)21-14-26-23(35-21)27-22(30)18(11-15-12-19(24)20(25)13-15)16-3-5-17(6-4-16)36(2,31)32/h3-6,11,14-15,19-20H,7-10,12-13H2,1-2H3,(H,26,27,30)/t15?,19-,20+.